The summed E-state index contributed by atoms with van der Waals surface area (Å²) in [4.78, 5) is 9.08. The Balaban J connectivity index is 0.00000450. The first-order valence-electron chi connectivity index (χ1n) is 10.5. The van der Waals surface area contributed by atoms with Crippen molar-refractivity contribution in [1.29, 1.82) is 0 Å². The minimum atomic E-state index is 0. The molecule has 172 valence electrons. The molecule has 1 aromatic rings. The number of ether oxygens (including phenoxy) is 2. The van der Waals surface area contributed by atoms with Crippen LogP contribution >= 0.6 is 24.0 Å². The number of nitrogens with one attached hydrogen (secondary N) is 2. The van der Waals surface area contributed by atoms with Crippen LogP contribution in [0.2, 0.25) is 0 Å². The quantitative estimate of drug-likeness (QED) is 0.289. The summed E-state index contributed by atoms with van der Waals surface area (Å²) >= 11 is 0. The van der Waals surface area contributed by atoms with Crippen LogP contribution in [0.5, 0.6) is 11.5 Å². The molecule has 1 aromatic carbocycles. The summed E-state index contributed by atoms with van der Waals surface area (Å²) in [6, 6.07) is 6.86. The summed E-state index contributed by atoms with van der Waals surface area (Å²) in [7, 11) is 9.48. The molecular weight excluding hydrogens is 493 g/mol. The van der Waals surface area contributed by atoms with Gasteiger partial charge in [0.25, 0.3) is 0 Å². The van der Waals surface area contributed by atoms with E-state index >= 15 is 0 Å². The number of anilines is 1. The summed E-state index contributed by atoms with van der Waals surface area (Å²) in [5.74, 6) is 3.17. The lowest BCUT2D eigenvalue weighted by atomic mass is 10.0. The van der Waals surface area contributed by atoms with Crippen LogP contribution in [0, 0.1) is 5.92 Å². The van der Waals surface area contributed by atoms with Gasteiger partial charge in [0, 0.05) is 62.7 Å². The molecule has 0 aliphatic carbocycles. The first-order chi connectivity index (χ1) is 13.9. The zero-order valence-electron chi connectivity index (χ0n) is 19.6. The molecule has 1 saturated heterocycles. The smallest absolute Gasteiger partial charge is 0.191 e. The minimum absolute atomic E-state index is 0. The van der Waals surface area contributed by atoms with Crippen LogP contribution in [0.4, 0.5) is 5.69 Å². The number of rotatable bonds is 9. The normalized spacial score (nSPS) is 17.7. The number of hydrogen-bond donors (Lipinski definition) is 2. The summed E-state index contributed by atoms with van der Waals surface area (Å²) in [6.45, 7) is 7.32. The molecule has 2 N–H and O–H groups in total. The Morgan fingerprint density at radius 1 is 1.20 bits per heavy atom. The van der Waals surface area contributed by atoms with Gasteiger partial charge in [-0.1, -0.05) is 13.8 Å². The zero-order chi connectivity index (χ0) is 21.4. The van der Waals surface area contributed by atoms with Gasteiger partial charge in [-0.15, -0.1) is 24.0 Å². The fourth-order valence-electron chi connectivity index (χ4n) is 3.71. The highest BCUT2D eigenvalue weighted by atomic mass is 127. The van der Waals surface area contributed by atoms with Crippen LogP contribution in [0.25, 0.3) is 0 Å². The summed E-state index contributed by atoms with van der Waals surface area (Å²) in [6.07, 6.45) is 2.22. The van der Waals surface area contributed by atoms with Crippen molar-refractivity contribution in [1.82, 2.24) is 15.5 Å². The van der Waals surface area contributed by atoms with Crippen molar-refractivity contribution in [2.45, 2.75) is 38.8 Å². The maximum Gasteiger partial charge on any atom is 0.191 e. The van der Waals surface area contributed by atoms with Gasteiger partial charge in [0.2, 0.25) is 0 Å². The highest BCUT2D eigenvalue weighted by Gasteiger charge is 2.24. The predicted molar refractivity (Wildman–Crippen MR) is 137 cm³/mol. The number of halogens is 1. The molecule has 2 atom stereocenters. The van der Waals surface area contributed by atoms with Crippen molar-refractivity contribution in [2.75, 3.05) is 59.9 Å². The Morgan fingerprint density at radius 3 is 2.33 bits per heavy atom. The average Bonchev–Trinajstić information content (AvgIpc) is 3.17. The van der Waals surface area contributed by atoms with E-state index < -0.39 is 0 Å². The molecule has 1 heterocycles. The van der Waals surface area contributed by atoms with E-state index in [1.165, 1.54) is 0 Å². The first kappa shape index (κ1) is 26.6. The highest BCUT2D eigenvalue weighted by Crippen LogP contribution is 2.30. The van der Waals surface area contributed by atoms with Crippen LogP contribution < -0.4 is 25.0 Å². The Morgan fingerprint density at radius 2 is 1.83 bits per heavy atom. The maximum absolute atomic E-state index is 5.41. The monoisotopic (exact) mass is 533 g/mol. The number of methoxy groups -OCH3 is 2. The van der Waals surface area contributed by atoms with Crippen LogP contribution in [0.3, 0.4) is 0 Å². The second kappa shape index (κ2) is 13.1. The molecule has 30 heavy (non-hydrogen) atoms. The number of aliphatic imine (C=N–C) groups is 1. The molecule has 0 spiro atoms. The van der Waals surface area contributed by atoms with Crippen molar-refractivity contribution in [2.24, 2.45) is 10.9 Å². The second-order valence-corrected chi connectivity index (χ2v) is 8.35. The lowest BCUT2D eigenvalue weighted by Crippen LogP contribution is -2.49. The van der Waals surface area contributed by atoms with Gasteiger partial charge in [-0.25, -0.2) is 0 Å². The van der Waals surface area contributed by atoms with Crippen LogP contribution in [0.1, 0.15) is 26.7 Å². The standard InChI is InChI=1S/C22H39N5O2.HI/c1-16(2)10-19(26(4)5)14-24-22(23-3)25-17-8-9-27(15-17)18-11-20(28-6)13-21(12-18)29-7;/h11-13,16-17,19H,8-10,14-15H2,1-7H3,(H2,23,24,25);1H. The predicted octanol–water partition coefficient (Wildman–Crippen LogP) is 3.04. The van der Waals surface area contributed by atoms with Gasteiger partial charge in [-0.05, 0) is 32.9 Å². The van der Waals surface area contributed by atoms with E-state index in [9.17, 15) is 0 Å². The zero-order valence-corrected chi connectivity index (χ0v) is 21.9. The summed E-state index contributed by atoms with van der Waals surface area (Å²) < 4.78 is 10.8. The molecule has 0 saturated carbocycles. The second-order valence-electron chi connectivity index (χ2n) is 8.35. The molecule has 0 aromatic heterocycles. The van der Waals surface area contributed by atoms with E-state index in [1.807, 2.05) is 13.1 Å². The lowest BCUT2D eigenvalue weighted by Gasteiger charge is -2.27. The Labute approximate surface area is 199 Å². The van der Waals surface area contributed by atoms with E-state index in [0.29, 0.717) is 18.0 Å². The highest BCUT2D eigenvalue weighted by molar-refractivity contribution is 14.0. The van der Waals surface area contributed by atoms with E-state index in [2.05, 4.69) is 65.5 Å². The molecular formula is C22H40IN5O2. The number of benzene rings is 1. The number of hydrogen-bond acceptors (Lipinski definition) is 5. The summed E-state index contributed by atoms with van der Waals surface area (Å²) in [5.41, 5.74) is 1.12. The van der Waals surface area contributed by atoms with Crippen molar-refractivity contribution >= 4 is 35.6 Å². The van der Waals surface area contributed by atoms with Gasteiger partial charge >= 0.3 is 0 Å². The molecule has 1 aliphatic heterocycles. The maximum atomic E-state index is 5.41. The molecule has 7 nitrogen and oxygen atoms in total. The SMILES string of the molecule is CN=C(NCC(CC(C)C)N(C)C)NC1CCN(c2cc(OC)cc(OC)c2)C1.I. The molecule has 1 aliphatic rings. The van der Waals surface area contributed by atoms with Gasteiger partial charge in [-0.2, -0.15) is 0 Å². The largest absolute Gasteiger partial charge is 0.497 e. The molecule has 1 fully saturated rings. The molecule has 2 unspecified atom stereocenters. The van der Waals surface area contributed by atoms with Gasteiger partial charge in [0.1, 0.15) is 11.5 Å². The Hall–Kier alpha value is -1.42. The van der Waals surface area contributed by atoms with Gasteiger partial charge in [0.05, 0.1) is 14.2 Å². The lowest BCUT2D eigenvalue weighted by molar-refractivity contribution is 0.254. The number of nitrogens with zero attached hydrogens (tertiary/aromatic N) is 3. The molecule has 2 rings (SSSR count). The number of guanidine groups is 1. The van der Waals surface area contributed by atoms with Crippen molar-refractivity contribution in [3.05, 3.63) is 18.2 Å². The molecule has 0 bridgehead atoms. The first-order valence-corrected chi connectivity index (χ1v) is 10.5. The third-order valence-corrected chi connectivity index (χ3v) is 5.43. The Bertz CT molecular complexity index is 647. The topological polar surface area (TPSA) is 61.4 Å². The van der Waals surface area contributed by atoms with Crippen molar-refractivity contribution in [3.63, 3.8) is 0 Å². The van der Waals surface area contributed by atoms with E-state index in [0.717, 1.165) is 55.6 Å². The average molecular weight is 533 g/mol. The summed E-state index contributed by atoms with van der Waals surface area (Å²) in [5, 5.41) is 7.10. The third-order valence-electron chi connectivity index (χ3n) is 5.43. The van der Waals surface area contributed by atoms with Gasteiger partial charge in [-0.3, -0.25) is 4.99 Å². The fourth-order valence-corrected chi connectivity index (χ4v) is 3.71. The van der Waals surface area contributed by atoms with Crippen molar-refractivity contribution < 1.29 is 9.47 Å². The Kier molecular flexibility index (Phi) is 11.6. The molecule has 0 radical (unpaired) electrons. The fraction of sp³-hybridized carbons (Fsp3) is 0.682. The van der Waals surface area contributed by atoms with Crippen molar-refractivity contribution in [3.8, 4) is 11.5 Å². The van der Waals surface area contributed by atoms with Crippen LogP contribution in [0.15, 0.2) is 23.2 Å². The third kappa shape index (κ3) is 8.02. The molecule has 0 amide bonds. The van der Waals surface area contributed by atoms with Crippen LogP contribution in [-0.4, -0.2) is 77.9 Å². The van der Waals surface area contributed by atoms with Gasteiger partial charge in [0.15, 0.2) is 5.96 Å². The van der Waals surface area contributed by atoms with E-state index in [-0.39, 0.29) is 24.0 Å². The van der Waals surface area contributed by atoms with Crippen LogP contribution in [-0.2, 0) is 0 Å². The van der Waals surface area contributed by atoms with E-state index in [4.69, 9.17) is 9.47 Å². The van der Waals surface area contributed by atoms with E-state index in [1.54, 1.807) is 14.2 Å². The number of likely N-dealkylation sites (N-methyl/N-ethyl adjacent to an activating group) is 1. The minimum Gasteiger partial charge on any atom is -0.497 e. The molecule has 8 heteroatoms. The van der Waals surface area contributed by atoms with Gasteiger partial charge < -0.3 is 29.9 Å².